The molecular formula is C23H28BrNO3. The summed E-state index contributed by atoms with van der Waals surface area (Å²) < 4.78 is 6.41. The van der Waals surface area contributed by atoms with Crippen LogP contribution in [0.15, 0.2) is 59.1 Å². The summed E-state index contributed by atoms with van der Waals surface area (Å²) in [6, 6.07) is 17.1. The van der Waals surface area contributed by atoms with Crippen molar-refractivity contribution in [1.82, 2.24) is 5.32 Å². The zero-order valence-electron chi connectivity index (χ0n) is 16.9. The molecule has 5 heteroatoms. The van der Waals surface area contributed by atoms with E-state index in [1.165, 1.54) is 0 Å². The van der Waals surface area contributed by atoms with Crippen molar-refractivity contribution in [2.24, 2.45) is 5.92 Å². The van der Waals surface area contributed by atoms with Gasteiger partial charge in [-0.15, -0.1) is 0 Å². The van der Waals surface area contributed by atoms with E-state index in [1.807, 2.05) is 82.3 Å². The van der Waals surface area contributed by atoms with Gasteiger partial charge in [-0.2, -0.15) is 0 Å². The molecule has 0 aromatic heterocycles. The van der Waals surface area contributed by atoms with Crippen molar-refractivity contribution in [3.63, 3.8) is 0 Å². The predicted octanol–water partition coefficient (Wildman–Crippen LogP) is 5.85. The zero-order valence-corrected chi connectivity index (χ0v) is 18.5. The highest BCUT2D eigenvalue weighted by Gasteiger charge is 2.28. The minimum absolute atomic E-state index is 0.104. The zero-order chi connectivity index (χ0) is 20.7. The molecule has 2 unspecified atom stereocenters. The van der Waals surface area contributed by atoms with Gasteiger partial charge in [0.05, 0.1) is 6.04 Å². The predicted molar refractivity (Wildman–Crippen MR) is 115 cm³/mol. The molecule has 0 heterocycles. The van der Waals surface area contributed by atoms with Crippen LogP contribution < -0.4 is 5.32 Å². The highest BCUT2D eigenvalue weighted by molar-refractivity contribution is 9.10. The fourth-order valence-electron chi connectivity index (χ4n) is 2.92. The molecule has 1 amide bonds. The Labute approximate surface area is 175 Å². The molecule has 0 radical (unpaired) electrons. The number of benzene rings is 2. The normalized spacial score (nSPS) is 13.5. The number of ketones is 1. The van der Waals surface area contributed by atoms with E-state index in [0.29, 0.717) is 12.8 Å². The van der Waals surface area contributed by atoms with E-state index in [9.17, 15) is 9.59 Å². The van der Waals surface area contributed by atoms with E-state index in [4.69, 9.17) is 4.74 Å². The molecule has 4 nitrogen and oxygen atoms in total. The van der Waals surface area contributed by atoms with E-state index in [-0.39, 0.29) is 11.7 Å². The average Bonchev–Trinajstić information content (AvgIpc) is 2.64. The number of amides is 1. The number of hydrogen-bond donors (Lipinski definition) is 1. The lowest BCUT2D eigenvalue weighted by Gasteiger charge is -2.27. The van der Waals surface area contributed by atoms with Gasteiger partial charge in [0.1, 0.15) is 11.4 Å². The Hall–Kier alpha value is -2.14. The maximum Gasteiger partial charge on any atom is 0.408 e. The smallest absolute Gasteiger partial charge is 0.408 e. The summed E-state index contributed by atoms with van der Waals surface area (Å²) in [5.41, 5.74) is 1.40. The summed E-state index contributed by atoms with van der Waals surface area (Å²) in [6.07, 6.45) is 0.570. The molecule has 0 saturated carbocycles. The lowest BCUT2D eigenvalue weighted by molar-refractivity contribution is -0.123. The van der Waals surface area contributed by atoms with Crippen LogP contribution in [0.2, 0.25) is 0 Å². The maximum atomic E-state index is 12.9. The van der Waals surface area contributed by atoms with Gasteiger partial charge in [-0.05, 0) is 50.5 Å². The van der Waals surface area contributed by atoms with Crippen LogP contribution in [0.1, 0.15) is 51.3 Å². The van der Waals surface area contributed by atoms with E-state index in [1.54, 1.807) is 0 Å². The molecule has 2 rings (SSSR count). The quantitative estimate of drug-likeness (QED) is 0.580. The van der Waals surface area contributed by atoms with Crippen molar-refractivity contribution >= 4 is 27.8 Å². The van der Waals surface area contributed by atoms with Crippen LogP contribution in [0.5, 0.6) is 0 Å². The molecule has 0 spiro atoms. The Kier molecular flexibility index (Phi) is 7.81. The molecule has 0 aliphatic rings. The molecule has 2 atom stereocenters. The molecule has 0 aliphatic heterocycles. The molecule has 150 valence electrons. The topological polar surface area (TPSA) is 55.4 Å². The molecule has 28 heavy (non-hydrogen) atoms. The van der Waals surface area contributed by atoms with E-state index < -0.39 is 17.7 Å². The lowest BCUT2D eigenvalue weighted by atomic mass is 9.88. The van der Waals surface area contributed by atoms with Gasteiger partial charge in [0.15, 0.2) is 0 Å². The van der Waals surface area contributed by atoms with Gasteiger partial charge >= 0.3 is 6.09 Å². The maximum absolute atomic E-state index is 12.9. The van der Waals surface area contributed by atoms with Gasteiger partial charge in [-0.25, -0.2) is 4.79 Å². The minimum Gasteiger partial charge on any atom is -0.444 e. The second kappa shape index (κ2) is 9.87. The summed E-state index contributed by atoms with van der Waals surface area (Å²) in [6.45, 7) is 7.31. The second-order valence-electron chi connectivity index (χ2n) is 7.92. The van der Waals surface area contributed by atoms with Crippen LogP contribution in [0.3, 0.4) is 0 Å². The van der Waals surface area contributed by atoms with Crippen LogP contribution in [-0.4, -0.2) is 17.5 Å². The molecule has 0 fully saturated rings. The number of ether oxygens (including phenoxy) is 1. The Morgan fingerprint density at radius 1 is 1.04 bits per heavy atom. The van der Waals surface area contributed by atoms with Crippen molar-refractivity contribution in [2.45, 2.75) is 52.2 Å². The number of aryl methyl sites for hydroxylation is 1. The Balaban J connectivity index is 2.09. The highest BCUT2D eigenvalue weighted by Crippen LogP contribution is 2.25. The first-order chi connectivity index (χ1) is 13.2. The van der Waals surface area contributed by atoms with Crippen molar-refractivity contribution in [1.29, 1.82) is 0 Å². The third kappa shape index (κ3) is 7.12. The van der Waals surface area contributed by atoms with Crippen LogP contribution in [0, 0.1) is 5.92 Å². The second-order valence-corrected chi connectivity index (χ2v) is 8.83. The van der Waals surface area contributed by atoms with E-state index >= 15 is 0 Å². The van der Waals surface area contributed by atoms with Gasteiger partial charge in [-0.1, -0.05) is 65.3 Å². The molecule has 2 aromatic carbocycles. The summed E-state index contributed by atoms with van der Waals surface area (Å²) in [5.74, 6) is -0.266. The monoisotopic (exact) mass is 445 g/mol. The number of rotatable bonds is 7. The standard InChI is InChI=1S/C23H28BrNO3/c1-16(20(26)15-12-17-10-13-19(24)14-11-17)21(18-8-6-5-7-9-18)25-22(27)28-23(2,3)4/h5-11,13-14,16,21H,12,15H2,1-4H3,(H,25,27). The number of carbonyl (C=O) groups excluding carboxylic acids is 2. The third-order valence-corrected chi connectivity index (χ3v) is 4.94. The summed E-state index contributed by atoms with van der Waals surface area (Å²) in [5, 5.41) is 2.89. The highest BCUT2D eigenvalue weighted by atomic mass is 79.9. The van der Waals surface area contributed by atoms with Crippen molar-refractivity contribution in [2.75, 3.05) is 0 Å². The molecule has 0 bridgehead atoms. The SMILES string of the molecule is CC(C(=O)CCc1ccc(Br)cc1)C(NC(=O)OC(C)(C)C)c1ccccc1. The Morgan fingerprint density at radius 2 is 1.64 bits per heavy atom. The van der Waals surface area contributed by atoms with Gasteiger partial charge < -0.3 is 10.1 Å². The van der Waals surface area contributed by atoms with Crippen LogP contribution in [0.25, 0.3) is 0 Å². The molecule has 2 aromatic rings. The fourth-order valence-corrected chi connectivity index (χ4v) is 3.19. The average molecular weight is 446 g/mol. The number of halogens is 1. The number of Topliss-reactive ketones (excluding diaryl/α,β-unsaturated/α-hetero) is 1. The fraction of sp³-hybridized carbons (Fsp3) is 0.391. The summed E-state index contributed by atoms with van der Waals surface area (Å²) >= 11 is 3.42. The first-order valence-electron chi connectivity index (χ1n) is 9.47. The summed E-state index contributed by atoms with van der Waals surface area (Å²) in [7, 11) is 0. The van der Waals surface area contributed by atoms with Gasteiger partial charge in [0, 0.05) is 16.8 Å². The number of alkyl carbamates (subject to hydrolysis) is 1. The first-order valence-corrected chi connectivity index (χ1v) is 10.3. The van der Waals surface area contributed by atoms with E-state index in [0.717, 1.165) is 15.6 Å². The van der Waals surface area contributed by atoms with Crippen molar-refractivity contribution in [3.05, 3.63) is 70.2 Å². The Morgan fingerprint density at radius 3 is 2.21 bits per heavy atom. The van der Waals surface area contributed by atoms with Gasteiger partial charge in [0.25, 0.3) is 0 Å². The third-order valence-electron chi connectivity index (χ3n) is 4.41. The van der Waals surface area contributed by atoms with E-state index in [2.05, 4.69) is 21.2 Å². The van der Waals surface area contributed by atoms with Crippen molar-refractivity contribution in [3.8, 4) is 0 Å². The van der Waals surface area contributed by atoms with Crippen LogP contribution in [-0.2, 0) is 16.0 Å². The van der Waals surface area contributed by atoms with Crippen LogP contribution in [0.4, 0.5) is 4.79 Å². The molecule has 0 aliphatic carbocycles. The molecule has 0 saturated heterocycles. The van der Waals surface area contributed by atoms with Crippen LogP contribution >= 0.6 is 15.9 Å². The van der Waals surface area contributed by atoms with Gasteiger partial charge in [-0.3, -0.25) is 4.79 Å². The van der Waals surface area contributed by atoms with Crippen molar-refractivity contribution < 1.29 is 14.3 Å². The molecular weight excluding hydrogens is 418 g/mol. The largest absolute Gasteiger partial charge is 0.444 e. The number of nitrogens with one attached hydrogen (secondary N) is 1. The Bertz CT molecular complexity index is 782. The van der Waals surface area contributed by atoms with Gasteiger partial charge in [0.2, 0.25) is 0 Å². The number of carbonyl (C=O) groups is 2. The first kappa shape index (κ1) is 22.2. The number of hydrogen-bond acceptors (Lipinski definition) is 3. The lowest BCUT2D eigenvalue weighted by Crippen LogP contribution is -2.39. The minimum atomic E-state index is -0.597. The summed E-state index contributed by atoms with van der Waals surface area (Å²) in [4.78, 5) is 25.2. The molecule has 1 N–H and O–H groups in total.